The van der Waals surface area contributed by atoms with E-state index >= 15 is 0 Å². The van der Waals surface area contributed by atoms with Crippen molar-refractivity contribution in [1.82, 2.24) is 4.57 Å². The highest BCUT2D eigenvalue weighted by Gasteiger charge is 2.14. The first-order chi connectivity index (χ1) is 14.7. The molecule has 2 aromatic carbocycles. The number of nitrogens with one attached hydrogen (secondary N) is 1. The highest BCUT2D eigenvalue weighted by molar-refractivity contribution is 7.07. The fraction of sp³-hybridized carbons (Fsp3) is 0.375. The molecule has 0 unspecified atom stereocenters. The minimum atomic E-state index is 0.805. The van der Waals surface area contributed by atoms with Gasteiger partial charge < -0.3 is 18.9 Å². The Balaban J connectivity index is 1.66. The van der Waals surface area contributed by atoms with E-state index in [1.807, 2.05) is 6.07 Å². The molecule has 6 heteroatoms. The number of hydrogen-bond donors (Lipinski definition) is 1. The molecule has 0 amide bonds. The van der Waals surface area contributed by atoms with Crippen LogP contribution in [0.2, 0.25) is 0 Å². The summed E-state index contributed by atoms with van der Waals surface area (Å²) < 4.78 is 13.4. The number of rotatable bonds is 7. The Labute approximate surface area is 182 Å². The summed E-state index contributed by atoms with van der Waals surface area (Å²) in [5.74, 6) is 0.805. The molecule has 0 saturated carbocycles. The summed E-state index contributed by atoms with van der Waals surface area (Å²) >= 11 is 1.69. The van der Waals surface area contributed by atoms with Gasteiger partial charge in [-0.15, -0.1) is 11.3 Å². The molecule has 0 atom stereocenters. The number of nitrogens with zero attached hydrogens (tertiary/aromatic N) is 2. The number of quaternary nitrogens is 1. The van der Waals surface area contributed by atoms with Crippen LogP contribution in [0.25, 0.3) is 11.3 Å². The molecule has 1 aliphatic rings. The second kappa shape index (κ2) is 10.1. The summed E-state index contributed by atoms with van der Waals surface area (Å²) in [5, 5.41) is 2.22. The number of morpholine rings is 1. The van der Waals surface area contributed by atoms with E-state index < -0.39 is 0 Å². The van der Waals surface area contributed by atoms with Gasteiger partial charge in [0.05, 0.1) is 32.6 Å². The van der Waals surface area contributed by atoms with Crippen LogP contribution < -0.4 is 14.4 Å². The van der Waals surface area contributed by atoms with E-state index in [9.17, 15) is 0 Å². The number of benzene rings is 2. The minimum absolute atomic E-state index is 0.805. The molecule has 0 bridgehead atoms. The van der Waals surface area contributed by atoms with Crippen molar-refractivity contribution in [2.45, 2.75) is 19.9 Å². The maximum absolute atomic E-state index is 5.55. The van der Waals surface area contributed by atoms with Crippen molar-refractivity contribution in [3.8, 4) is 17.0 Å². The predicted molar refractivity (Wildman–Crippen MR) is 122 cm³/mol. The first-order valence-electron chi connectivity index (χ1n) is 10.6. The smallest absolute Gasteiger partial charge is 0.190 e. The summed E-state index contributed by atoms with van der Waals surface area (Å²) in [6.45, 7) is 8.17. The van der Waals surface area contributed by atoms with Crippen molar-refractivity contribution in [2.75, 3.05) is 40.0 Å². The molecule has 30 heavy (non-hydrogen) atoms. The van der Waals surface area contributed by atoms with Crippen LogP contribution in [0.5, 0.6) is 5.75 Å². The largest absolute Gasteiger partial charge is 0.494 e. The van der Waals surface area contributed by atoms with Gasteiger partial charge in [-0.25, -0.2) is 4.99 Å². The second-order valence-electron chi connectivity index (χ2n) is 7.67. The average Bonchev–Trinajstić information content (AvgIpc) is 3.18. The quantitative estimate of drug-likeness (QED) is 0.633. The van der Waals surface area contributed by atoms with Gasteiger partial charge >= 0.3 is 0 Å². The van der Waals surface area contributed by atoms with E-state index in [1.165, 1.54) is 16.8 Å². The molecule has 3 aromatic rings. The lowest BCUT2D eigenvalue weighted by Crippen LogP contribution is -3.14. The van der Waals surface area contributed by atoms with Crippen LogP contribution >= 0.6 is 11.3 Å². The third-order valence-electron chi connectivity index (χ3n) is 5.53. The van der Waals surface area contributed by atoms with Gasteiger partial charge in [0.15, 0.2) is 4.80 Å². The van der Waals surface area contributed by atoms with Gasteiger partial charge in [0.25, 0.3) is 0 Å². The van der Waals surface area contributed by atoms with Gasteiger partial charge in [0, 0.05) is 18.3 Å². The van der Waals surface area contributed by atoms with Crippen LogP contribution in [-0.2, 0) is 11.3 Å². The van der Waals surface area contributed by atoms with Crippen LogP contribution in [0.3, 0.4) is 0 Å². The van der Waals surface area contributed by atoms with E-state index in [-0.39, 0.29) is 0 Å². The molecule has 4 rings (SSSR count). The number of methoxy groups -OCH3 is 1. The molecular weight excluding hydrogens is 394 g/mol. The maximum Gasteiger partial charge on any atom is 0.190 e. The molecule has 0 aliphatic carbocycles. The highest BCUT2D eigenvalue weighted by atomic mass is 32.1. The predicted octanol–water partition coefficient (Wildman–Crippen LogP) is 3.07. The Bertz CT molecular complexity index is 1020. The maximum atomic E-state index is 5.55. The summed E-state index contributed by atoms with van der Waals surface area (Å²) in [7, 11) is 1.70. The molecule has 1 aromatic heterocycles. The third kappa shape index (κ3) is 5.01. The second-order valence-corrected chi connectivity index (χ2v) is 8.51. The molecular formula is C24H30N3O2S+. The van der Waals surface area contributed by atoms with E-state index in [4.69, 9.17) is 14.5 Å². The lowest BCUT2D eigenvalue weighted by molar-refractivity contribution is -0.908. The topological polar surface area (TPSA) is 40.2 Å². The summed E-state index contributed by atoms with van der Waals surface area (Å²) in [6, 6.07) is 16.7. The fourth-order valence-electron chi connectivity index (χ4n) is 3.86. The Morgan fingerprint density at radius 1 is 1.13 bits per heavy atom. The van der Waals surface area contributed by atoms with Crippen molar-refractivity contribution in [2.24, 2.45) is 4.99 Å². The molecule has 1 saturated heterocycles. The number of ether oxygens (including phenoxy) is 2. The summed E-state index contributed by atoms with van der Waals surface area (Å²) in [4.78, 5) is 7.66. The fourth-order valence-corrected chi connectivity index (χ4v) is 4.81. The SMILES string of the molecule is COc1ccc(C)cc1N=c1scc(-c2ccccc2)n1CCC[NH+]1CCOCC1. The van der Waals surface area contributed by atoms with Crippen LogP contribution in [0.1, 0.15) is 12.0 Å². The van der Waals surface area contributed by atoms with Gasteiger partial charge in [-0.05, 0) is 30.2 Å². The van der Waals surface area contributed by atoms with E-state index in [1.54, 1.807) is 23.3 Å². The third-order valence-corrected chi connectivity index (χ3v) is 6.39. The van der Waals surface area contributed by atoms with Gasteiger partial charge in [0.2, 0.25) is 0 Å². The van der Waals surface area contributed by atoms with Gasteiger partial charge in [0.1, 0.15) is 24.5 Å². The monoisotopic (exact) mass is 424 g/mol. The van der Waals surface area contributed by atoms with Gasteiger partial charge in [-0.1, -0.05) is 36.4 Å². The van der Waals surface area contributed by atoms with Crippen molar-refractivity contribution in [3.05, 3.63) is 64.3 Å². The lowest BCUT2D eigenvalue weighted by Gasteiger charge is -2.23. The van der Waals surface area contributed by atoms with E-state index in [0.29, 0.717) is 0 Å². The molecule has 5 nitrogen and oxygen atoms in total. The van der Waals surface area contributed by atoms with Gasteiger partial charge in [-0.2, -0.15) is 0 Å². The van der Waals surface area contributed by atoms with Crippen LogP contribution in [0.4, 0.5) is 5.69 Å². The zero-order valence-electron chi connectivity index (χ0n) is 17.8. The Morgan fingerprint density at radius 3 is 2.70 bits per heavy atom. The lowest BCUT2D eigenvalue weighted by atomic mass is 10.2. The van der Waals surface area contributed by atoms with Crippen molar-refractivity contribution in [1.29, 1.82) is 0 Å². The first kappa shape index (κ1) is 20.8. The number of aryl methyl sites for hydroxylation is 1. The number of aromatic nitrogens is 1. The molecule has 2 heterocycles. The Hall–Kier alpha value is -2.41. The highest BCUT2D eigenvalue weighted by Crippen LogP contribution is 2.28. The van der Waals surface area contributed by atoms with E-state index in [2.05, 4.69) is 59.3 Å². The molecule has 1 aliphatic heterocycles. The summed E-state index contributed by atoms with van der Waals surface area (Å²) in [5.41, 5.74) is 4.51. The molecule has 1 N–H and O–H groups in total. The normalized spacial score (nSPS) is 15.5. The zero-order valence-corrected chi connectivity index (χ0v) is 18.6. The van der Waals surface area contributed by atoms with Crippen molar-refractivity contribution in [3.63, 3.8) is 0 Å². The van der Waals surface area contributed by atoms with E-state index in [0.717, 1.165) is 62.1 Å². The average molecular weight is 425 g/mol. The zero-order chi connectivity index (χ0) is 20.8. The Morgan fingerprint density at radius 2 is 1.93 bits per heavy atom. The minimum Gasteiger partial charge on any atom is -0.494 e. The van der Waals surface area contributed by atoms with Gasteiger partial charge in [-0.3, -0.25) is 0 Å². The van der Waals surface area contributed by atoms with Crippen molar-refractivity contribution < 1.29 is 14.4 Å². The molecule has 0 spiro atoms. The number of thiazole rings is 1. The number of hydrogen-bond acceptors (Lipinski definition) is 4. The Kier molecular flexibility index (Phi) is 7.00. The van der Waals surface area contributed by atoms with Crippen LogP contribution in [0.15, 0.2) is 58.9 Å². The van der Waals surface area contributed by atoms with Crippen molar-refractivity contribution >= 4 is 17.0 Å². The van der Waals surface area contributed by atoms with Crippen LogP contribution in [-0.4, -0.2) is 44.5 Å². The van der Waals surface area contributed by atoms with Crippen LogP contribution in [0, 0.1) is 6.92 Å². The summed E-state index contributed by atoms with van der Waals surface area (Å²) in [6.07, 6.45) is 1.12. The molecule has 1 fully saturated rings. The first-order valence-corrected chi connectivity index (χ1v) is 11.5. The molecule has 0 radical (unpaired) electrons. The molecule has 158 valence electrons. The standard InChI is InChI=1S/C24H29N3O2S/c1-19-9-10-23(28-2)21(17-19)25-24-27(12-6-11-26-13-15-29-16-14-26)22(18-30-24)20-7-4-3-5-8-20/h3-5,7-10,17-18H,6,11-16H2,1-2H3/p+1.